The number of nitrogens with zero attached hydrogens (tertiary/aromatic N) is 3. The molecule has 2 atom stereocenters. The van der Waals surface area contributed by atoms with Crippen LogP contribution in [0.2, 0.25) is 0 Å². The molecule has 0 bridgehead atoms. The number of hydrogen-bond donors (Lipinski definition) is 2. The van der Waals surface area contributed by atoms with Gasteiger partial charge >= 0.3 is 0 Å². The minimum atomic E-state index is -3.40. The zero-order chi connectivity index (χ0) is 26.2. The first-order valence-corrected chi connectivity index (χ1v) is 14.0. The van der Waals surface area contributed by atoms with Gasteiger partial charge in [0.25, 0.3) is 0 Å². The van der Waals surface area contributed by atoms with Crippen molar-refractivity contribution in [1.82, 2.24) is 14.9 Å². The Morgan fingerprint density at radius 1 is 1.05 bits per heavy atom. The minimum Gasteiger partial charge on any atom is -0.495 e. The summed E-state index contributed by atoms with van der Waals surface area (Å²) >= 11 is 5.86. The van der Waals surface area contributed by atoms with Crippen molar-refractivity contribution in [3.8, 4) is 11.4 Å². The molecule has 2 N–H and O–H groups in total. The number of rotatable bonds is 7. The Balaban J connectivity index is 1.65. The van der Waals surface area contributed by atoms with Gasteiger partial charge in [0.2, 0.25) is 10.0 Å². The second kappa shape index (κ2) is 9.87. The summed E-state index contributed by atoms with van der Waals surface area (Å²) in [6, 6.07) is 22.9. The van der Waals surface area contributed by atoms with Crippen LogP contribution in [-0.2, 0) is 10.0 Å². The number of sulfonamides is 1. The lowest BCUT2D eigenvalue weighted by Gasteiger charge is -2.29. The molecule has 2 aromatic heterocycles. The summed E-state index contributed by atoms with van der Waals surface area (Å²) in [4.78, 5) is 6.69. The van der Waals surface area contributed by atoms with Crippen LogP contribution in [-0.4, -0.2) is 36.4 Å². The molecule has 8 nitrogen and oxygen atoms in total. The largest absolute Gasteiger partial charge is 0.495 e. The smallest absolute Gasteiger partial charge is 0.229 e. The molecular weight excluding hydrogens is 506 g/mol. The number of benzene rings is 2. The van der Waals surface area contributed by atoms with Gasteiger partial charge in [-0.2, -0.15) is 0 Å². The lowest BCUT2D eigenvalue weighted by Crippen LogP contribution is -2.30. The molecule has 0 spiro atoms. The molecule has 190 valence electrons. The van der Waals surface area contributed by atoms with Crippen LogP contribution in [0.1, 0.15) is 29.0 Å². The summed E-state index contributed by atoms with van der Waals surface area (Å²) in [5.41, 5.74) is 4.91. The first kappa shape index (κ1) is 24.8. The summed E-state index contributed by atoms with van der Waals surface area (Å²) in [6.07, 6.45) is 4.92. The molecule has 37 heavy (non-hydrogen) atoms. The van der Waals surface area contributed by atoms with Crippen molar-refractivity contribution < 1.29 is 13.2 Å². The van der Waals surface area contributed by atoms with E-state index < -0.39 is 10.0 Å². The van der Waals surface area contributed by atoms with Crippen LogP contribution in [0.3, 0.4) is 0 Å². The van der Waals surface area contributed by atoms with Crippen LogP contribution < -0.4 is 19.7 Å². The standard InChI is InChI=1S/C27H27N5O3S2/c1-18-17-19(13-14-20(18)30-37(3,33)34)32-26(25(29-27(32)36)21-9-6-7-15-28-21)23-11-8-16-31(23)22-10-4-5-12-24(22)35-2/h4-17,25-26,30H,1-3H3,(H,29,36)/t25-,26-/m1/s1. The van der Waals surface area contributed by atoms with Gasteiger partial charge in [-0.1, -0.05) is 18.2 Å². The molecule has 2 aromatic carbocycles. The molecule has 1 saturated heterocycles. The fourth-order valence-electron chi connectivity index (χ4n) is 4.73. The number of methoxy groups -OCH3 is 1. The van der Waals surface area contributed by atoms with Gasteiger partial charge in [-0.3, -0.25) is 9.71 Å². The SMILES string of the molecule is COc1ccccc1-n1cccc1[C@@H]1[C@@H](c2ccccn2)NC(=S)N1c1ccc(NS(C)(=O)=O)c(C)c1. The van der Waals surface area contributed by atoms with E-state index in [2.05, 4.69) is 30.6 Å². The molecule has 0 radical (unpaired) electrons. The highest BCUT2D eigenvalue weighted by Crippen LogP contribution is 2.43. The number of para-hydroxylation sites is 2. The minimum absolute atomic E-state index is 0.230. The van der Waals surface area contributed by atoms with Crippen molar-refractivity contribution in [1.29, 1.82) is 0 Å². The number of pyridine rings is 1. The Hall–Kier alpha value is -3.89. The molecule has 10 heteroatoms. The maximum atomic E-state index is 11.8. The zero-order valence-corrected chi connectivity index (χ0v) is 22.3. The van der Waals surface area contributed by atoms with Crippen molar-refractivity contribution in [3.05, 3.63) is 102 Å². The molecule has 4 aromatic rings. The van der Waals surface area contributed by atoms with Gasteiger partial charge < -0.3 is 19.5 Å². The maximum absolute atomic E-state index is 11.8. The van der Waals surface area contributed by atoms with Gasteiger partial charge in [0, 0.05) is 23.8 Å². The van der Waals surface area contributed by atoms with Gasteiger partial charge in [-0.25, -0.2) is 8.42 Å². The lowest BCUT2D eigenvalue weighted by molar-refractivity contribution is 0.412. The third-order valence-corrected chi connectivity index (χ3v) is 7.21. The van der Waals surface area contributed by atoms with Gasteiger partial charge in [0.1, 0.15) is 11.8 Å². The summed E-state index contributed by atoms with van der Waals surface area (Å²) in [5.74, 6) is 0.751. The average Bonchev–Trinajstić information content (AvgIpc) is 3.49. The number of nitrogens with one attached hydrogen (secondary N) is 2. The predicted molar refractivity (Wildman–Crippen MR) is 150 cm³/mol. The van der Waals surface area contributed by atoms with Crippen molar-refractivity contribution in [2.75, 3.05) is 23.0 Å². The summed E-state index contributed by atoms with van der Waals surface area (Å²) in [7, 11) is -1.74. The van der Waals surface area contributed by atoms with Crippen LogP contribution in [0.5, 0.6) is 5.75 Å². The predicted octanol–water partition coefficient (Wildman–Crippen LogP) is 4.74. The number of aryl methyl sites for hydroxylation is 1. The highest BCUT2D eigenvalue weighted by Gasteiger charge is 2.42. The van der Waals surface area contributed by atoms with Gasteiger partial charge in [-0.15, -0.1) is 0 Å². The van der Waals surface area contributed by atoms with Gasteiger partial charge in [-0.05, 0) is 79.3 Å². The molecule has 3 heterocycles. The first-order chi connectivity index (χ1) is 17.8. The molecule has 1 aliphatic heterocycles. The number of hydrogen-bond acceptors (Lipinski definition) is 5. The fourth-order valence-corrected chi connectivity index (χ4v) is 5.70. The number of thiocarbonyl (C=S) groups is 1. The van der Waals surface area contributed by atoms with Gasteiger partial charge in [0.15, 0.2) is 5.11 Å². The van der Waals surface area contributed by atoms with E-state index in [1.165, 1.54) is 0 Å². The molecular formula is C27H27N5O3S2. The topological polar surface area (TPSA) is 88.5 Å². The van der Waals surface area contributed by atoms with E-state index in [1.807, 2.05) is 73.8 Å². The molecule has 5 rings (SSSR count). The van der Waals surface area contributed by atoms with Crippen molar-refractivity contribution in [2.45, 2.75) is 19.0 Å². The lowest BCUT2D eigenvalue weighted by atomic mass is 10.00. The van der Waals surface area contributed by atoms with Crippen LogP contribution in [0, 0.1) is 6.92 Å². The van der Waals surface area contributed by atoms with Crippen LogP contribution >= 0.6 is 12.2 Å². The van der Waals surface area contributed by atoms with E-state index in [0.717, 1.165) is 40.3 Å². The van der Waals surface area contributed by atoms with E-state index >= 15 is 0 Å². The Morgan fingerprint density at radius 3 is 2.54 bits per heavy atom. The second-order valence-corrected chi connectivity index (χ2v) is 11.0. The Bertz CT molecular complexity index is 1550. The summed E-state index contributed by atoms with van der Waals surface area (Å²) in [5, 5.41) is 4.03. The van der Waals surface area contributed by atoms with E-state index in [0.29, 0.717) is 10.8 Å². The molecule has 1 fully saturated rings. The van der Waals surface area contributed by atoms with Crippen molar-refractivity contribution in [2.24, 2.45) is 0 Å². The normalized spacial score (nSPS) is 17.5. The Morgan fingerprint density at radius 2 is 1.84 bits per heavy atom. The number of ether oxygens (including phenoxy) is 1. The van der Waals surface area contributed by atoms with Gasteiger partial charge in [0.05, 0.1) is 36.5 Å². The van der Waals surface area contributed by atoms with Crippen LogP contribution in [0.15, 0.2) is 85.2 Å². The molecule has 0 unspecified atom stereocenters. The highest BCUT2D eigenvalue weighted by molar-refractivity contribution is 7.92. The average molecular weight is 534 g/mol. The monoisotopic (exact) mass is 533 g/mol. The third-order valence-electron chi connectivity index (χ3n) is 6.31. The van der Waals surface area contributed by atoms with Crippen molar-refractivity contribution >= 4 is 38.7 Å². The van der Waals surface area contributed by atoms with E-state index in [9.17, 15) is 8.42 Å². The molecule has 0 amide bonds. The zero-order valence-electron chi connectivity index (χ0n) is 20.6. The molecule has 0 aliphatic carbocycles. The van der Waals surface area contributed by atoms with E-state index in [-0.39, 0.29) is 12.1 Å². The second-order valence-electron chi connectivity index (χ2n) is 8.84. The van der Waals surface area contributed by atoms with Crippen LogP contribution in [0.25, 0.3) is 5.69 Å². The summed E-state index contributed by atoms with van der Waals surface area (Å²) in [6.45, 7) is 1.87. The maximum Gasteiger partial charge on any atom is 0.229 e. The molecule has 0 saturated carbocycles. The number of anilines is 2. The highest BCUT2D eigenvalue weighted by atomic mass is 32.2. The van der Waals surface area contributed by atoms with E-state index in [1.54, 1.807) is 19.4 Å². The van der Waals surface area contributed by atoms with Crippen LogP contribution in [0.4, 0.5) is 11.4 Å². The quantitative estimate of drug-likeness (QED) is 0.332. The fraction of sp³-hybridized carbons (Fsp3) is 0.185. The first-order valence-electron chi connectivity index (χ1n) is 11.7. The summed E-state index contributed by atoms with van der Waals surface area (Å²) < 4.78 is 33.9. The third kappa shape index (κ3) is 4.90. The number of aromatic nitrogens is 2. The van der Waals surface area contributed by atoms with Crippen molar-refractivity contribution in [3.63, 3.8) is 0 Å². The molecule has 1 aliphatic rings. The Labute approximate surface area is 222 Å². The van der Waals surface area contributed by atoms with E-state index in [4.69, 9.17) is 17.0 Å². The Kier molecular flexibility index (Phi) is 6.61.